The van der Waals surface area contributed by atoms with E-state index < -0.39 is 51.1 Å². The van der Waals surface area contributed by atoms with E-state index in [1.54, 1.807) is 71.9 Å². The van der Waals surface area contributed by atoms with E-state index in [-0.39, 0.29) is 24.9 Å². The van der Waals surface area contributed by atoms with Gasteiger partial charge in [-0.1, -0.05) is 42.1 Å². The summed E-state index contributed by atoms with van der Waals surface area (Å²) in [5.74, 6) is 3.55. The Kier molecular flexibility index (Phi) is 10.1. The number of hydrogen-bond acceptors (Lipinski definition) is 7. The molecule has 42 heavy (non-hydrogen) atoms. The third-order valence-electron chi connectivity index (χ3n) is 6.03. The number of nitrogens with two attached hydrogens (primary N) is 1. The van der Waals surface area contributed by atoms with Crippen LogP contribution >= 0.6 is 11.8 Å². The summed E-state index contributed by atoms with van der Waals surface area (Å²) in [6.45, 7) is 11.9. The van der Waals surface area contributed by atoms with Gasteiger partial charge in [0.2, 0.25) is 5.91 Å². The van der Waals surface area contributed by atoms with Gasteiger partial charge in [0.05, 0.1) is 12.1 Å². The highest BCUT2D eigenvalue weighted by molar-refractivity contribution is 8.00. The molecule has 230 valence electrons. The van der Waals surface area contributed by atoms with E-state index in [0.29, 0.717) is 5.56 Å². The fraction of sp³-hybridized carbons (Fsp3) is 0.483. The van der Waals surface area contributed by atoms with Gasteiger partial charge in [0.25, 0.3) is 0 Å². The summed E-state index contributed by atoms with van der Waals surface area (Å²) in [6.07, 6.45) is -0.290. The van der Waals surface area contributed by atoms with Gasteiger partial charge in [-0.15, -0.1) is 0 Å². The molecule has 2 aromatic carbocycles. The van der Waals surface area contributed by atoms with E-state index in [1.807, 2.05) is 0 Å². The van der Waals surface area contributed by atoms with E-state index in [0.717, 1.165) is 45.0 Å². The van der Waals surface area contributed by atoms with Crippen LogP contribution in [-0.4, -0.2) is 50.9 Å². The average molecular weight is 608 g/mol. The Balaban J connectivity index is 2.10. The first-order valence-corrected chi connectivity index (χ1v) is 14.4. The summed E-state index contributed by atoms with van der Waals surface area (Å²) in [6, 6.07) is 11.0. The molecule has 0 spiro atoms. The molecule has 1 saturated heterocycles. The van der Waals surface area contributed by atoms with Crippen LogP contribution in [-0.2, 0) is 19.2 Å². The van der Waals surface area contributed by atoms with Crippen molar-refractivity contribution in [1.82, 2.24) is 20.5 Å². The minimum atomic E-state index is -1.33. The van der Waals surface area contributed by atoms with E-state index in [9.17, 15) is 18.8 Å². The molecule has 2 atom stereocenters. The van der Waals surface area contributed by atoms with Crippen molar-refractivity contribution in [2.24, 2.45) is 5.84 Å². The van der Waals surface area contributed by atoms with Crippen molar-refractivity contribution < 1.29 is 32.7 Å². The number of carbonyl (C=O) groups excluding carboxylic acids is 3. The number of nitrogens with one attached hydrogen (secondary N) is 1. The number of rotatable bonds is 7. The highest BCUT2D eigenvalue weighted by Gasteiger charge is 2.56. The molecule has 1 aliphatic heterocycles. The highest BCUT2D eigenvalue weighted by atomic mass is 32.2. The Morgan fingerprint density at radius 1 is 1.05 bits per heavy atom. The van der Waals surface area contributed by atoms with Crippen LogP contribution in [0.5, 0.6) is 0 Å². The van der Waals surface area contributed by atoms with E-state index >= 15 is 4.39 Å². The number of halogens is 2. The molecule has 1 aliphatic rings. The first-order valence-electron chi connectivity index (χ1n) is 13.5. The van der Waals surface area contributed by atoms with Gasteiger partial charge in [-0.05, 0) is 78.1 Å². The predicted molar refractivity (Wildman–Crippen MR) is 155 cm³/mol. The third kappa shape index (κ3) is 7.69. The maximum atomic E-state index is 15.1. The second-order valence-corrected chi connectivity index (χ2v) is 13.2. The summed E-state index contributed by atoms with van der Waals surface area (Å²) in [5.41, 5.74) is 1.07. The van der Waals surface area contributed by atoms with E-state index in [2.05, 4.69) is 5.43 Å². The molecule has 0 saturated carbocycles. The van der Waals surface area contributed by atoms with Crippen LogP contribution < -0.4 is 11.3 Å². The molecule has 3 N–H and O–H groups in total. The topological polar surface area (TPSA) is 117 Å². The lowest BCUT2D eigenvalue weighted by Gasteiger charge is -2.40. The molecule has 3 rings (SSSR count). The Labute approximate surface area is 249 Å². The lowest BCUT2D eigenvalue weighted by atomic mass is 10.00. The smallest absolute Gasteiger partial charge is 0.434 e. The van der Waals surface area contributed by atoms with E-state index in [1.165, 1.54) is 6.92 Å². The van der Waals surface area contributed by atoms with Gasteiger partial charge in [-0.3, -0.25) is 15.1 Å². The van der Waals surface area contributed by atoms with Gasteiger partial charge in [0, 0.05) is 12.5 Å². The van der Waals surface area contributed by atoms with Crippen LogP contribution in [0.3, 0.4) is 0 Å². The molecular formula is C29H39F2N5O5S. The van der Waals surface area contributed by atoms with Gasteiger partial charge in [-0.2, -0.15) is 5.06 Å². The van der Waals surface area contributed by atoms with Gasteiger partial charge in [-0.25, -0.2) is 34.2 Å². The van der Waals surface area contributed by atoms with Crippen molar-refractivity contribution in [3.63, 3.8) is 0 Å². The number of ether oxygens (including phenoxy) is 1. The summed E-state index contributed by atoms with van der Waals surface area (Å²) in [7, 11) is 0. The molecule has 10 nitrogen and oxygen atoms in total. The van der Waals surface area contributed by atoms with Crippen LogP contribution in [0, 0.1) is 11.6 Å². The number of amides is 4. The Morgan fingerprint density at radius 2 is 1.69 bits per heavy atom. The lowest BCUT2D eigenvalue weighted by Crippen LogP contribution is -2.57. The minimum absolute atomic E-state index is 0.0540. The van der Waals surface area contributed by atoms with Crippen LogP contribution in [0.2, 0.25) is 0 Å². The standard InChI is InChI=1S/C29H39F2N5O5S/c1-19(37)35-24(22-18-21(30)14-15-23(22)31)42-29(36(35)25(38)33-32,20-12-9-8-10-13-20)16-11-17-34(41-28(5,6)7)26(39)40-27(2,3)4/h8-10,12-15,18,24H,11,16-17,32H2,1-7H3,(H,33,38). The number of hydrogen-bond donors (Lipinski definition) is 2. The maximum Gasteiger partial charge on any atom is 0.434 e. The second kappa shape index (κ2) is 12.8. The monoisotopic (exact) mass is 607 g/mol. The lowest BCUT2D eigenvalue weighted by molar-refractivity contribution is -0.211. The molecule has 1 fully saturated rings. The average Bonchev–Trinajstić information content (AvgIpc) is 3.24. The zero-order valence-corrected chi connectivity index (χ0v) is 25.8. The summed E-state index contributed by atoms with van der Waals surface area (Å²) in [4.78, 5) is 44.1. The normalized spacial score (nSPS) is 19.0. The second-order valence-electron chi connectivity index (χ2n) is 11.8. The third-order valence-corrected chi connectivity index (χ3v) is 7.71. The molecule has 0 aliphatic carbocycles. The summed E-state index contributed by atoms with van der Waals surface area (Å²) < 4.78 is 35.0. The van der Waals surface area contributed by atoms with Crippen molar-refractivity contribution in [1.29, 1.82) is 0 Å². The van der Waals surface area contributed by atoms with Crippen LogP contribution in [0.25, 0.3) is 0 Å². The van der Waals surface area contributed by atoms with Crippen LogP contribution in [0.4, 0.5) is 18.4 Å². The molecule has 13 heteroatoms. The first kappa shape index (κ1) is 33.1. The van der Waals surface area contributed by atoms with Gasteiger partial charge < -0.3 is 4.74 Å². The number of hydroxylamine groups is 2. The van der Waals surface area contributed by atoms with Crippen molar-refractivity contribution in [3.05, 3.63) is 71.3 Å². The number of hydrazine groups is 2. The molecule has 2 unspecified atom stereocenters. The highest BCUT2D eigenvalue weighted by Crippen LogP contribution is 2.59. The fourth-order valence-corrected chi connectivity index (χ4v) is 6.39. The minimum Gasteiger partial charge on any atom is -0.442 e. The molecule has 4 amide bonds. The summed E-state index contributed by atoms with van der Waals surface area (Å²) >= 11 is 1.09. The van der Waals surface area contributed by atoms with E-state index in [4.69, 9.17) is 15.4 Å². The molecule has 0 bridgehead atoms. The van der Waals surface area contributed by atoms with Gasteiger partial charge >= 0.3 is 12.1 Å². The molecule has 0 radical (unpaired) electrons. The number of thioether (sulfide) groups is 1. The SMILES string of the molecule is CC(=O)N1C(c2cc(F)ccc2F)SC(CCCN(OC(C)(C)C)C(=O)OC(C)(C)C)(c2ccccc2)N1C(=O)NN. The summed E-state index contributed by atoms with van der Waals surface area (Å²) in [5, 5.41) is 2.23. The molecule has 0 aromatic heterocycles. The fourth-order valence-electron chi connectivity index (χ4n) is 4.57. The predicted octanol–water partition coefficient (Wildman–Crippen LogP) is 5.96. The van der Waals surface area contributed by atoms with Gasteiger partial charge in [0.15, 0.2) is 0 Å². The zero-order valence-electron chi connectivity index (χ0n) is 24.9. The number of nitrogens with zero attached hydrogens (tertiary/aromatic N) is 3. The van der Waals surface area contributed by atoms with Crippen molar-refractivity contribution in [2.45, 2.75) is 82.8 Å². The largest absolute Gasteiger partial charge is 0.442 e. The van der Waals surface area contributed by atoms with Crippen molar-refractivity contribution in [3.8, 4) is 0 Å². The zero-order chi connectivity index (χ0) is 31.5. The quantitative estimate of drug-likeness (QED) is 0.227. The van der Waals surface area contributed by atoms with Gasteiger partial charge in [0.1, 0.15) is 27.5 Å². The van der Waals surface area contributed by atoms with Crippen LogP contribution in [0.1, 0.15) is 77.8 Å². The number of carbonyl (C=O) groups is 3. The van der Waals surface area contributed by atoms with Crippen molar-refractivity contribution in [2.75, 3.05) is 6.54 Å². The number of benzene rings is 2. The van der Waals surface area contributed by atoms with Crippen molar-refractivity contribution >= 4 is 29.8 Å². The molecular weight excluding hydrogens is 568 g/mol. The Morgan fingerprint density at radius 3 is 2.24 bits per heavy atom. The molecule has 2 aromatic rings. The first-order chi connectivity index (χ1) is 19.5. The number of urea groups is 1. The molecule has 1 heterocycles. The Bertz CT molecular complexity index is 1290. The van der Waals surface area contributed by atoms with Crippen LogP contribution in [0.15, 0.2) is 48.5 Å². The Hall–Kier alpha value is -3.42. The maximum absolute atomic E-state index is 15.1.